The summed E-state index contributed by atoms with van der Waals surface area (Å²) >= 11 is 3.23. The Balaban J connectivity index is 2.20. The fourth-order valence-corrected chi connectivity index (χ4v) is 1.79. The van der Waals surface area contributed by atoms with Gasteiger partial charge in [-0.05, 0) is 35.0 Å². The molecule has 17 heavy (non-hydrogen) atoms. The number of pyridine rings is 1. The number of nitrogens with one attached hydrogen (secondary N) is 1. The van der Waals surface area contributed by atoms with E-state index in [1.807, 2.05) is 6.92 Å². The quantitative estimate of drug-likeness (QED) is 0.863. The number of nitrogens with zero attached hydrogens (tertiary/aromatic N) is 3. The summed E-state index contributed by atoms with van der Waals surface area (Å²) in [7, 11) is 1.81. The fraction of sp³-hybridized carbons (Fsp3) is 0.182. The maximum absolute atomic E-state index is 11.9. The highest BCUT2D eigenvalue weighted by molar-refractivity contribution is 9.10. The minimum Gasteiger partial charge on any atom is -0.318 e. The van der Waals surface area contributed by atoms with Crippen LogP contribution in [-0.2, 0) is 7.05 Å². The first-order valence-corrected chi connectivity index (χ1v) is 5.80. The number of rotatable bonds is 2. The van der Waals surface area contributed by atoms with Crippen LogP contribution in [0.3, 0.4) is 0 Å². The van der Waals surface area contributed by atoms with Crippen LogP contribution in [0.15, 0.2) is 29.0 Å². The molecule has 0 aliphatic heterocycles. The molecular weight excluding hydrogens is 284 g/mol. The minimum absolute atomic E-state index is 0.248. The standard InChI is InChI=1S/C11H11BrN4O/c1-7-9(6-16(2)15-7)14-11(17)8-4-3-5-10(12)13-8/h3-6H,1-2H3,(H,14,17). The van der Waals surface area contributed by atoms with Crippen molar-refractivity contribution in [2.75, 3.05) is 5.32 Å². The Morgan fingerprint density at radius 3 is 2.82 bits per heavy atom. The van der Waals surface area contributed by atoms with E-state index in [0.29, 0.717) is 16.0 Å². The fourth-order valence-electron chi connectivity index (χ4n) is 1.44. The Morgan fingerprint density at radius 1 is 1.47 bits per heavy atom. The molecule has 2 aromatic rings. The molecule has 0 aromatic carbocycles. The van der Waals surface area contributed by atoms with Gasteiger partial charge in [-0.1, -0.05) is 6.07 Å². The van der Waals surface area contributed by atoms with Gasteiger partial charge in [-0.15, -0.1) is 0 Å². The van der Waals surface area contributed by atoms with Gasteiger partial charge in [0.05, 0.1) is 11.4 Å². The van der Waals surface area contributed by atoms with E-state index in [9.17, 15) is 4.79 Å². The molecule has 88 valence electrons. The second-order valence-corrected chi connectivity index (χ2v) is 4.41. The average molecular weight is 295 g/mol. The lowest BCUT2D eigenvalue weighted by Gasteiger charge is -2.02. The van der Waals surface area contributed by atoms with Gasteiger partial charge in [0, 0.05) is 13.2 Å². The van der Waals surface area contributed by atoms with Crippen molar-refractivity contribution in [2.24, 2.45) is 7.05 Å². The number of amides is 1. The molecule has 0 aliphatic rings. The summed E-state index contributed by atoms with van der Waals surface area (Å²) in [6.07, 6.45) is 1.76. The third-order valence-corrected chi connectivity index (χ3v) is 2.65. The van der Waals surface area contributed by atoms with Crippen LogP contribution in [0.2, 0.25) is 0 Å². The third kappa shape index (κ3) is 2.71. The molecule has 0 bridgehead atoms. The maximum atomic E-state index is 11.9. The van der Waals surface area contributed by atoms with Crippen LogP contribution >= 0.6 is 15.9 Å². The molecule has 2 rings (SSSR count). The lowest BCUT2D eigenvalue weighted by atomic mass is 10.3. The van der Waals surface area contributed by atoms with Crippen LogP contribution in [-0.4, -0.2) is 20.7 Å². The maximum Gasteiger partial charge on any atom is 0.274 e. The molecule has 5 nitrogen and oxygen atoms in total. The van der Waals surface area contributed by atoms with E-state index >= 15 is 0 Å². The number of carbonyl (C=O) groups excluding carboxylic acids is 1. The Bertz CT molecular complexity index is 564. The molecule has 0 fully saturated rings. The average Bonchev–Trinajstić information content (AvgIpc) is 2.57. The normalized spacial score (nSPS) is 10.3. The Kier molecular flexibility index (Phi) is 3.23. The number of anilines is 1. The van der Waals surface area contributed by atoms with Gasteiger partial charge >= 0.3 is 0 Å². The molecule has 2 heterocycles. The van der Waals surface area contributed by atoms with Crippen molar-refractivity contribution in [1.29, 1.82) is 0 Å². The Hall–Kier alpha value is -1.69. The van der Waals surface area contributed by atoms with Crippen LogP contribution in [0, 0.1) is 6.92 Å². The van der Waals surface area contributed by atoms with Crippen LogP contribution in [0.25, 0.3) is 0 Å². The molecule has 0 spiro atoms. The zero-order chi connectivity index (χ0) is 12.4. The SMILES string of the molecule is Cc1nn(C)cc1NC(=O)c1cccc(Br)n1. The number of aryl methyl sites for hydroxylation is 2. The van der Waals surface area contributed by atoms with Gasteiger partial charge < -0.3 is 5.32 Å². The third-order valence-electron chi connectivity index (χ3n) is 2.21. The van der Waals surface area contributed by atoms with Gasteiger partial charge in [0.15, 0.2) is 0 Å². The van der Waals surface area contributed by atoms with Crippen LogP contribution in [0.4, 0.5) is 5.69 Å². The first-order valence-electron chi connectivity index (χ1n) is 5.00. The highest BCUT2D eigenvalue weighted by Crippen LogP contribution is 2.13. The van der Waals surface area contributed by atoms with Gasteiger partial charge in [-0.25, -0.2) is 4.98 Å². The molecule has 6 heteroatoms. The van der Waals surface area contributed by atoms with Crippen LogP contribution < -0.4 is 5.32 Å². The first kappa shape index (κ1) is 11.8. The summed E-state index contributed by atoms with van der Waals surface area (Å²) in [4.78, 5) is 16.0. The predicted octanol–water partition coefficient (Wildman–Crippen LogP) is 2.14. The van der Waals surface area contributed by atoms with E-state index in [1.54, 1.807) is 36.1 Å². The predicted molar refractivity (Wildman–Crippen MR) is 67.8 cm³/mol. The van der Waals surface area contributed by atoms with Crippen molar-refractivity contribution in [2.45, 2.75) is 6.92 Å². The van der Waals surface area contributed by atoms with Gasteiger partial charge in [0.25, 0.3) is 5.91 Å². The summed E-state index contributed by atoms with van der Waals surface area (Å²) in [5.41, 5.74) is 1.83. The molecule has 0 aliphatic carbocycles. The zero-order valence-electron chi connectivity index (χ0n) is 9.44. The molecule has 0 atom stereocenters. The second-order valence-electron chi connectivity index (χ2n) is 3.60. The van der Waals surface area contributed by atoms with Crippen LogP contribution in [0.1, 0.15) is 16.2 Å². The van der Waals surface area contributed by atoms with Crippen molar-refractivity contribution in [3.05, 3.63) is 40.4 Å². The topological polar surface area (TPSA) is 59.8 Å². The van der Waals surface area contributed by atoms with Gasteiger partial charge in [0.2, 0.25) is 0 Å². The van der Waals surface area contributed by atoms with E-state index in [0.717, 1.165) is 5.69 Å². The lowest BCUT2D eigenvalue weighted by molar-refractivity contribution is 0.102. The van der Waals surface area contributed by atoms with Crippen molar-refractivity contribution in [3.63, 3.8) is 0 Å². The highest BCUT2D eigenvalue weighted by Gasteiger charge is 2.11. The molecule has 1 N–H and O–H groups in total. The van der Waals surface area contributed by atoms with Gasteiger partial charge in [-0.2, -0.15) is 5.10 Å². The van der Waals surface area contributed by atoms with E-state index in [1.165, 1.54) is 0 Å². The summed E-state index contributed by atoms with van der Waals surface area (Å²) < 4.78 is 2.28. The zero-order valence-corrected chi connectivity index (χ0v) is 11.0. The van der Waals surface area contributed by atoms with Crippen molar-refractivity contribution in [1.82, 2.24) is 14.8 Å². The summed E-state index contributed by atoms with van der Waals surface area (Å²) in [5, 5.41) is 6.92. The lowest BCUT2D eigenvalue weighted by Crippen LogP contribution is -2.13. The van der Waals surface area contributed by atoms with E-state index < -0.39 is 0 Å². The molecule has 0 saturated heterocycles. The smallest absolute Gasteiger partial charge is 0.274 e. The molecule has 0 saturated carbocycles. The van der Waals surface area contributed by atoms with E-state index in [-0.39, 0.29) is 5.91 Å². The van der Waals surface area contributed by atoms with E-state index in [4.69, 9.17) is 0 Å². The first-order chi connectivity index (χ1) is 8.06. The van der Waals surface area contributed by atoms with Gasteiger partial charge in [-0.3, -0.25) is 9.48 Å². The number of halogens is 1. The largest absolute Gasteiger partial charge is 0.318 e. The van der Waals surface area contributed by atoms with Crippen molar-refractivity contribution >= 4 is 27.5 Å². The van der Waals surface area contributed by atoms with E-state index in [2.05, 4.69) is 31.3 Å². The monoisotopic (exact) mass is 294 g/mol. The molecule has 0 radical (unpaired) electrons. The number of hydrogen-bond acceptors (Lipinski definition) is 3. The molecule has 2 aromatic heterocycles. The summed E-state index contributed by atoms with van der Waals surface area (Å²) in [5.74, 6) is -0.248. The minimum atomic E-state index is -0.248. The van der Waals surface area contributed by atoms with Gasteiger partial charge in [0.1, 0.15) is 10.3 Å². The number of aromatic nitrogens is 3. The van der Waals surface area contributed by atoms with Crippen molar-refractivity contribution in [3.8, 4) is 0 Å². The number of carbonyl (C=O) groups is 1. The molecular formula is C11H11BrN4O. The van der Waals surface area contributed by atoms with Crippen molar-refractivity contribution < 1.29 is 4.79 Å². The Labute approximate surface area is 107 Å². The second kappa shape index (κ2) is 4.67. The molecule has 0 unspecified atom stereocenters. The highest BCUT2D eigenvalue weighted by atomic mass is 79.9. The van der Waals surface area contributed by atoms with Crippen LogP contribution in [0.5, 0.6) is 0 Å². The molecule has 1 amide bonds. The Morgan fingerprint density at radius 2 is 2.24 bits per heavy atom. The summed E-state index contributed by atoms with van der Waals surface area (Å²) in [6, 6.07) is 5.19. The summed E-state index contributed by atoms with van der Waals surface area (Å²) in [6.45, 7) is 1.84. The number of hydrogen-bond donors (Lipinski definition) is 1.